The maximum Gasteiger partial charge on any atom is 0.209 e. The highest BCUT2D eigenvalue weighted by molar-refractivity contribution is 6.82. The number of nitrogens with zero attached hydrogens (tertiary/aromatic N) is 1. The summed E-state index contributed by atoms with van der Waals surface area (Å²) in [6, 6.07) is 6.65. The van der Waals surface area contributed by atoms with Crippen LogP contribution in [-0.4, -0.2) is 5.71 Å². The minimum absolute atomic E-state index is 0.103. The fourth-order valence-electron chi connectivity index (χ4n) is 25.8. The van der Waals surface area contributed by atoms with Gasteiger partial charge in [-0.3, -0.25) is 0 Å². The summed E-state index contributed by atoms with van der Waals surface area (Å²) in [4.78, 5) is 8.03. The molecule has 0 saturated heterocycles. The van der Waals surface area contributed by atoms with E-state index in [1.54, 1.807) is 22.9 Å². The first-order valence-corrected chi connectivity index (χ1v) is 28.1. The average Bonchev–Trinajstić information content (AvgIpc) is 1.55. The van der Waals surface area contributed by atoms with Crippen LogP contribution in [0.2, 0.25) is 0 Å². The Kier molecular flexibility index (Phi) is 2.87. The van der Waals surface area contributed by atoms with Crippen LogP contribution in [0.4, 0.5) is 22.0 Å². The van der Waals surface area contributed by atoms with E-state index >= 15 is 17.6 Å². The molecule has 80 heavy (non-hydrogen) atoms. The fourth-order valence-corrected chi connectivity index (χ4v) is 25.8. The molecule has 2 spiro atoms. The zero-order chi connectivity index (χ0) is 48.9. The molecule has 7 heteroatoms. The van der Waals surface area contributed by atoms with Crippen molar-refractivity contribution in [3.05, 3.63) is 81.2 Å². The molecule has 2 nitrogen and oxygen atoms in total. The van der Waals surface area contributed by atoms with E-state index in [0.717, 1.165) is 5.71 Å². The quantitative estimate of drug-likeness (QED) is 0.0732. The molecule has 0 unspecified atom stereocenters. The Morgan fingerprint density at radius 2 is 0.412 bits per heavy atom. The molecule has 30 aromatic carbocycles. The van der Waals surface area contributed by atoms with Crippen LogP contribution in [0, 0.1) is 29.1 Å². The van der Waals surface area contributed by atoms with Gasteiger partial charge >= 0.3 is 0 Å². The summed E-state index contributed by atoms with van der Waals surface area (Å²) in [5, 5.41) is 84.3. The van der Waals surface area contributed by atoms with Gasteiger partial charge in [-0.05, 0) is 308 Å². The van der Waals surface area contributed by atoms with Crippen LogP contribution < -0.4 is 0 Å². The van der Waals surface area contributed by atoms with Gasteiger partial charge in [0.2, 0.25) is 11.4 Å². The Balaban J connectivity index is 0.981. The minimum Gasteiger partial charge on any atom is -0.377 e. The van der Waals surface area contributed by atoms with Crippen molar-refractivity contribution >= 4 is 297 Å². The van der Waals surface area contributed by atoms with Gasteiger partial charge in [-0.25, -0.2) is 22.0 Å². The van der Waals surface area contributed by atoms with Crippen LogP contribution in [-0.2, 0) is 15.9 Å². The van der Waals surface area contributed by atoms with Gasteiger partial charge in [-0.2, -0.15) is 0 Å². The molecular weight excluding hydrogens is 1000 g/mol. The van der Waals surface area contributed by atoms with Crippen molar-refractivity contribution in [2.75, 3.05) is 0 Å². The summed E-state index contributed by atoms with van der Waals surface area (Å²) in [6.07, 6.45) is 0. The van der Waals surface area contributed by atoms with Gasteiger partial charge in [-0.1, -0.05) is 29.4 Å². The van der Waals surface area contributed by atoms with E-state index < -0.39 is 45.7 Å². The fraction of sp³-hybridized carbons (Fsp3) is 0.0274. The lowest BCUT2D eigenvalue weighted by Crippen LogP contribution is -2.54. The monoisotopic (exact) mass is 1010 g/mol. The predicted octanol–water partition coefficient (Wildman–Crippen LogP) is 20.0. The first kappa shape index (κ1) is 31.4. The second kappa shape index (κ2) is 7.31. The molecule has 30 aromatic rings. The molecule has 0 saturated carbocycles. The van der Waals surface area contributed by atoms with Crippen molar-refractivity contribution in [2.45, 2.75) is 11.0 Å². The first-order valence-electron chi connectivity index (χ1n) is 28.1. The molecule has 0 aromatic heterocycles. The Hall–Kier alpha value is -9.98. The number of benzene rings is 20. The molecule has 0 amide bonds. The molecule has 0 bridgehead atoms. The van der Waals surface area contributed by atoms with Gasteiger partial charge in [-0.15, -0.1) is 0 Å². The van der Waals surface area contributed by atoms with Crippen LogP contribution in [0.5, 0.6) is 0 Å². The lowest BCUT2D eigenvalue weighted by Gasteiger charge is -2.47. The first-order chi connectivity index (χ1) is 39.5. The maximum atomic E-state index is 15.8. The zero-order valence-corrected chi connectivity index (χ0v) is 39.6. The molecule has 4 aliphatic carbocycles. The summed E-state index contributed by atoms with van der Waals surface area (Å²) >= 11 is 0. The van der Waals surface area contributed by atoms with Gasteiger partial charge in [0, 0.05) is 16.7 Å². The minimum atomic E-state index is -2.17. The van der Waals surface area contributed by atoms with Gasteiger partial charge in [0.1, 0.15) is 11.1 Å². The van der Waals surface area contributed by atoms with E-state index in [0.29, 0.717) is 5.56 Å². The standard InChI is InChI=1S/C73H4F5NO/c74-66-7(67(75)69(77)70(78)68(66)76)5-1-3-6(4-2-5)71-72-62-54-46-36-26-18-10-8-9-12-16-14(10)22-30-24(16)34-28-20(12)21-13(9)17-15-11(8)19(18)27-33-23(15)31-25(17)35-29(21)39-38(28)50-44(34)52-42(30)48(40(46)32(22)26)56(62)58(52)64-60(50)61-51(39)45(35)53-43(31)49-41(33)47(37(27)36)55(54)63(72)57(49)59(53)65(61)73(64,72)80-79-71/h1-4H. The van der Waals surface area contributed by atoms with Crippen LogP contribution >= 0.6 is 0 Å². The highest BCUT2D eigenvalue weighted by Gasteiger charge is 2.76. The Morgan fingerprint density at radius 1 is 0.225 bits per heavy atom. The molecular formula is C73H4F5NO. The molecule has 342 valence electrons. The lowest BCUT2D eigenvalue weighted by atomic mass is 9.52. The van der Waals surface area contributed by atoms with E-state index in [1.807, 2.05) is 0 Å². The van der Waals surface area contributed by atoms with E-state index in [2.05, 4.69) is 0 Å². The van der Waals surface area contributed by atoms with E-state index in [1.165, 1.54) is 314 Å². The zero-order valence-electron chi connectivity index (χ0n) is 39.6. The molecule has 35 rings (SSSR count). The number of oxime groups is 1. The molecule has 0 radical (unpaired) electrons. The summed E-state index contributed by atoms with van der Waals surface area (Å²) in [7, 11) is 0. The molecule has 0 fully saturated rings. The van der Waals surface area contributed by atoms with Gasteiger partial charge < -0.3 is 4.84 Å². The number of halogens is 5. The number of hydrogen-bond donors (Lipinski definition) is 0. The number of hydrogen-bond acceptors (Lipinski definition) is 2. The summed E-state index contributed by atoms with van der Waals surface area (Å²) in [5.74, 6) is -9.79. The molecule has 1 heterocycles. The Labute approximate surface area is 429 Å². The highest BCUT2D eigenvalue weighted by atomic mass is 19.2. The lowest BCUT2D eigenvalue weighted by molar-refractivity contribution is -0.0122. The molecule has 1 aliphatic heterocycles. The van der Waals surface area contributed by atoms with Crippen molar-refractivity contribution in [3.8, 4) is 11.1 Å². The van der Waals surface area contributed by atoms with Crippen molar-refractivity contribution in [1.82, 2.24) is 0 Å². The van der Waals surface area contributed by atoms with Crippen molar-refractivity contribution < 1.29 is 26.8 Å². The predicted molar refractivity (Wildman–Crippen MR) is 313 cm³/mol. The normalized spacial score (nSPS) is 21.1. The van der Waals surface area contributed by atoms with E-state index in [4.69, 9.17) is 9.99 Å². The van der Waals surface area contributed by atoms with Gasteiger partial charge in [0.25, 0.3) is 0 Å². The second-order valence-corrected chi connectivity index (χ2v) is 27.2. The molecule has 0 atom stereocenters. The van der Waals surface area contributed by atoms with Crippen molar-refractivity contribution in [1.29, 1.82) is 0 Å². The summed E-state index contributed by atoms with van der Waals surface area (Å²) < 4.78 is 76.1. The van der Waals surface area contributed by atoms with Gasteiger partial charge in [0.05, 0.1) is 5.56 Å². The summed E-state index contributed by atoms with van der Waals surface area (Å²) in [5.41, 5.74) is 3.35. The summed E-state index contributed by atoms with van der Waals surface area (Å²) in [6.45, 7) is 0. The third kappa shape index (κ3) is 1.76. The maximum absolute atomic E-state index is 15.8. The largest absolute Gasteiger partial charge is 0.377 e. The highest BCUT2D eigenvalue weighted by Crippen LogP contribution is 2.85. The third-order valence-electron chi connectivity index (χ3n) is 26.5. The molecule has 5 aliphatic rings. The Morgan fingerprint density at radius 3 is 0.650 bits per heavy atom. The van der Waals surface area contributed by atoms with Crippen LogP contribution in [0.15, 0.2) is 29.4 Å². The van der Waals surface area contributed by atoms with Crippen LogP contribution in [0.1, 0.15) is 27.8 Å². The van der Waals surface area contributed by atoms with E-state index in [-0.39, 0.29) is 5.56 Å². The Bertz CT molecular complexity index is 7940. The SMILES string of the molecule is Fc1c(F)c(F)c(-c2ccc(C3=NOC45c6c7c8c9c%10c%11c(c%12c%13c4c4c6c6c%14c7c7c8c8c%10c%10c%15c%11c%11c%12c%12c%13c%13c4c4c6c6c%14c%14c7c7c8c%10c8c%10c%15c%11c%11c%12c%12c%13c4c4c6c6c%14c7c8c7c%10c%11c%12c4c67)C395)cc2)c(F)c1F. The van der Waals surface area contributed by atoms with Crippen LogP contribution in [0.3, 0.4) is 0 Å². The number of rotatable bonds is 2. The second-order valence-electron chi connectivity index (χ2n) is 27.2. The average molecular weight is 1010 g/mol. The van der Waals surface area contributed by atoms with Crippen molar-refractivity contribution in [3.63, 3.8) is 0 Å². The van der Waals surface area contributed by atoms with Crippen molar-refractivity contribution in [2.24, 2.45) is 5.16 Å². The van der Waals surface area contributed by atoms with Crippen LogP contribution in [0.25, 0.3) is 302 Å². The topological polar surface area (TPSA) is 21.6 Å². The third-order valence-corrected chi connectivity index (χ3v) is 26.5. The smallest absolute Gasteiger partial charge is 0.209 e. The van der Waals surface area contributed by atoms with Gasteiger partial charge in [0.15, 0.2) is 23.3 Å². The molecule has 0 N–H and O–H groups in total. The van der Waals surface area contributed by atoms with E-state index in [9.17, 15) is 4.39 Å².